The first-order chi connectivity index (χ1) is 15.0. The standard InChI is InChI=1S/C26H18BrNO3/c1-14(29)26-17-10-4-2-8-15(17)21(16-9-3-5-11-18(16)26)22-23(26)25(31)28(24(22)30)20-13-7-6-12-19(20)27/h2-13,21-23H,1H3/t21?,22-,23-,26?/m1/s1. The van der Waals surface area contributed by atoms with Crippen LogP contribution >= 0.6 is 15.9 Å². The normalized spacial score (nSPS) is 27.7. The van der Waals surface area contributed by atoms with Gasteiger partial charge in [-0.15, -0.1) is 0 Å². The summed E-state index contributed by atoms with van der Waals surface area (Å²) >= 11 is 3.49. The third-order valence-electron chi connectivity index (χ3n) is 7.27. The molecular weight excluding hydrogens is 454 g/mol. The number of amides is 2. The van der Waals surface area contributed by atoms with Gasteiger partial charge in [0.25, 0.3) is 0 Å². The summed E-state index contributed by atoms with van der Waals surface area (Å²) in [6.07, 6.45) is 0. The van der Waals surface area contributed by atoms with Crippen molar-refractivity contribution in [1.29, 1.82) is 0 Å². The van der Waals surface area contributed by atoms with Gasteiger partial charge in [0.1, 0.15) is 5.78 Å². The molecule has 5 heteroatoms. The van der Waals surface area contributed by atoms with Crippen molar-refractivity contribution in [2.75, 3.05) is 4.90 Å². The van der Waals surface area contributed by atoms with Gasteiger partial charge in [0.15, 0.2) is 0 Å². The molecule has 7 rings (SSSR count). The van der Waals surface area contributed by atoms with Gasteiger partial charge in [-0.2, -0.15) is 0 Å². The van der Waals surface area contributed by atoms with Crippen molar-refractivity contribution in [3.8, 4) is 0 Å². The number of carbonyl (C=O) groups is 3. The zero-order valence-corrected chi connectivity index (χ0v) is 18.3. The van der Waals surface area contributed by atoms with E-state index in [1.54, 1.807) is 13.0 Å². The number of para-hydroxylation sites is 1. The average molecular weight is 472 g/mol. The summed E-state index contributed by atoms with van der Waals surface area (Å²) in [6, 6.07) is 22.9. The molecule has 1 saturated heterocycles. The van der Waals surface area contributed by atoms with Gasteiger partial charge in [0, 0.05) is 10.4 Å². The molecule has 3 aromatic rings. The van der Waals surface area contributed by atoms with Gasteiger partial charge >= 0.3 is 0 Å². The number of hydrogen-bond donors (Lipinski definition) is 0. The number of Topliss-reactive ketones (excluding diaryl/α,β-unsaturated/α-hetero) is 1. The van der Waals surface area contributed by atoms with Gasteiger partial charge in [-0.05, 0) is 57.2 Å². The molecule has 3 aliphatic carbocycles. The Labute approximate surface area is 188 Å². The van der Waals surface area contributed by atoms with E-state index in [0.717, 1.165) is 22.3 Å². The number of hydrogen-bond acceptors (Lipinski definition) is 3. The minimum atomic E-state index is -1.16. The van der Waals surface area contributed by atoms with Crippen molar-refractivity contribution < 1.29 is 14.4 Å². The lowest BCUT2D eigenvalue weighted by molar-refractivity contribution is -0.132. The van der Waals surface area contributed by atoms with Crippen LogP contribution in [-0.2, 0) is 19.8 Å². The number of anilines is 1. The van der Waals surface area contributed by atoms with Crippen LogP contribution in [0.5, 0.6) is 0 Å². The third kappa shape index (κ3) is 2.07. The summed E-state index contributed by atoms with van der Waals surface area (Å²) in [5.74, 6) is -2.24. The summed E-state index contributed by atoms with van der Waals surface area (Å²) in [6.45, 7) is 1.55. The SMILES string of the molecule is CC(=O)C12c3ccccc3C(c3ccccc31)[C@H]1C(=O)N(c3ccccc3Br)C(=O)[C@@H]12. The van der Waals surface area contributed by atoms with Gasteiger partial charge in [0.2, 0.25) is 11.8 Å². The van der Waals surface area contributed by atoms with Crippen molar-refractivity contribution in [3.05, 3.63) is 99.5 Å². The van der Waals surface area contributed by atoms with Crippen molar-refractivity contribution in [2.45, 2.75) is 18.3 Å². The molecule has 0 saturated carbocycles. The van der Waals surface area contributed by atoms with Crippen LogP contribution in [0.3, 0.4) is 0 Å². The van der Waals surface area contributed by atoms with E-state index in [1.165, 1.54) is 4.90 Å². The van der Waals surface area contributed by atoms with Crippen LogP contribution in [0.1, 0.15) is 35.1 Å². The average Bonchev–Trinajstić information content (AvgIpc) is 3.05. The number of halogens is 1. The Bertz CT molecular complexity index is 1270. The second kappa shape index (κ2) is 6.24. The van der Waals surface area contributed by atoms with Crippen molar-refractivity contribution >= 4 is 39.2 Å². The summed E-state index contributed by atoms with van der Waals surface area (Å²) in [5.41, 5.74) is 3.05. The van der Waals surface area contributed by atoms with E-state index in [0.29, 0.717) is 10.2 Å². The molecule has 4 nitrogen and oxygen atoms in total. The number of benzene rings is 3. The molecule has 1 aliphatic heterocycles. The van der Waals surface area contributed by atoms with Gasteiger partial charge < -0.3 is 0 Å². The second-order valence-electron chi connectivity index (χ2n) is 8.48. The van der Waals surface area contributed by atoms with Crippen molar-refractivity contribution in [3.63, 3.8) is 0 Å². The number of imide groups is 1. The molecule has 0 spiro atoms. The minimum Gasteiger partial charge on any atom is -0.299 e. The van der Waals surface area contributed by atoms with Gasteiger partial charge in [-0.3, -0.25) is 14.4 Å². The molecule has 0 radical (unpaired) electrons. The highest BCUT2D eigenvalue weighted by atomic mass is 79.9. The topological polar surface area (TPSA) is 54.5 Å². The summed E-state index contributed by atoms with van der Waals surface area (Å²) < 4.78 is 0.676. The van der Waals surface area contributed by atoms with Crippen molar-refractivity contribution in [1.82, 2.24) is 0 Å². The van der Waals surface area contributed by atoms with Crippen LogP contribution < -0.4 is 4.90 Å². The van der Waals surface area contributed by atoms with Gasteiger partial charge in [-0.1, -0.05) is 60.7 Å². The van der Waals surface area contributed by atoms with Crippen LogP contribution in [-0.4, -0.2) is 17.6 Å². The van der Waals surface area contributed by atoms with Crippen molar-refractivity contribution in [2.24, 2.45) is 11.8 Å². The maximum Gasteiger partial charge on any atom is 0.239 e. The number of carbonyl (C=O) groups excluding carboxylic acids is 3. The molecule has 0 N–H and O–H groups in total. The first-order valence-electron chi connectivity index (χ1n) is 10.3. The van der Waals surface area contributed by atoms with Crippen LogP contribution in [0.15, 0.2) is 77.3 Å². The minimum absolute atomic E-state index is 0.101. The van der Waals surface area contributed by atoms with E-state index in [9.17, 15) is 14.4 Å². The first-order valence-corrected chi connectivity index (χ1v) is 11.1. The van der Waals surface area contributed by atoms with Crippen LogP contribution in [0, 0.1) is 11.8 Å². The van der Waals surface area contributed by atoms with E-state index >= 15 is 0 Å². The Morgan fingerprint density at radius 3 is 1.97 bits per heavy atom. The molecule has 3 aromatic carbocycles. The smallest absolute Gasteiger partial charge is 0.239 e. The number of rotatable bonds is 2. The molecule has 0 aromatic heterocycles. The third-order valence-corrected chi connectivity index (χ3v) is 7.94. The molecule has 152 valence electrons. The monoisotopic (exact) mass is 471 g/mol. The lowest BCUT2D eigenvalue weighted by Gasteiger charge is -2.52. The Hall–Kier alpha value is -3.05. The molecule has 4 aliphatic rings. The predicted molar refractivity (Wildman–Crippen MR) is 120 cm³/mol. The fraction of sp³-hybridized carbons (Fsp3) is 0.192. The Morgan fingerprint density at radius 1 is 0.839 bits per heavy atom. The number of nitrogens with zero attached hydrogens (tertiary/aromatic N) is 1. The van der Waals surface area contributed by atoms with Gasteiger partial charge in [0.05, 0.1) is 22.9 Å². The van der Waals surface area contributed by atoms with Crippen LogP contribution in [0.4, 0.5) is 5.69 Å². The number of ketones is 1. The molecule has 1 heterocycles. The van der Waals surface area contributed by atoms with E-state index < -0.39 is 17.3 Å². The molecule has 0 unspecified atom stereocenters. The molecule has 31 heavy (non-hydrogen) atoms. The summed E-state index contributed by atoms with van der Waals surface area (Å²) in [7, 11) is 0. The second-order valence-corrected chi connectivity index (χ2v) is 9.34. The largest absolute Gasteiger partial charge is 0.299 e. The van der Waals surface area contributed by atoms with E-state index in [4.69, 9.17) is 0 Å². The van der Waals surface area contributed by atoms with E-state index in [1.807, 2.05) is 66.7 Å². The lowest BCUT2D eigenvalue weighted by Crippen LogP contribution is -2.57. The zero-order chi connectivity index (χ0) is 21.5. The molecule has 2 bridgehead atoms. The highest BCUT2D eigenvalue weighted by molar-refractivity contribution is 9.10. The highest BCUT2D eigenvalue weighted by Gasteiger charge is 2.70. The Kier molecular flexibility index (Phi) is 3.76. The quantitative estimate of drug-likeness (QED) is 0.513. The fourth-order valence-electron chi connectivity index (χ4n) is 6.24. The van der Waals surface area contributed by atoms with E-state index in [-0.39, 0.29) is 23.5 Å². The summed E-state index contributed by atoms with van der Waals surface area (Å²) in [5, 5.41) is 0. The maximum atomic E-state index is 14.0. The van der Waals surface area contributed by atoms with Gasteiger partial charge in [-0.25, -0.2) is 4.90 Å². The molecule has 2 amide bonds. The highest BCUT2D eigenvalue weighted by Crippen LogP contribution is 2.64. The molecular formula is C26H18BrNO3. The lowest BCUT2D eigenvalue weighted by atomic mass is 9.46. The van der Waals surface area contributed by atoms with Crippen LogP contribution in [0.25, 0.3) is 0 Å². The predicted octanol–water partition coefficient (Wildman–Crippen LogP) is 4.59. The summed E-state index contributed by atoms with van der Waals surface area (Å²) in [4.78, 5) is 42.6. The fourth-order valence-corrected chi connectivity index (χ4v) is 6.70. The van der Waals surface area contributed by atoms with Crippen LogP contribution in [0.2, 0.25) is 0 Å². The molecule has 2 atom stereocenters. The zero-order valence-electron chi connectivity index (χ0n) is 16.7. The Morgan fingerprint density at radius 2 is 1.39 bits per heavy atom. The van der Waals surface area contributed by atoms with E-state index in [2.05, 4.69) is 15.9 Å². The molecule has 1 fully saturated rings. The first kappa shape index (κ1) is 18.7. The Balaban J connectivity index is 1.69. The maximum absolute atomic E-state index is 14.0.